The smallest absolute Gasteiger partial charge is 0.341 e. The number of ether oxygens (including phenoxy) is 1. The number of fused-ring (bicyclic) bond motifs is 1. The zero-order valence-electron chi connectivity index (χ0n) is 16.0. The molecule has 0 saturated heterocycles. The molecule has 0 fully saturated rings. The number of hydrogen-bond donors (Lipinski definition) is 2. The number of halogens is 1. The fourth-order valence-corrected chi connectivity index (χ4v) is 4.61. The average Bonchev–Trinajstić information content (AvgIpc) is 3.09. The van der Waals surface area contributed by atoms with Crippen molar-refractivity contribution < 1.29 is 19.1 Å². The fourth-order valence-electron chi connectivity index (χ4n) is 3.07. The van der Waals surface area contributed by atoms with Crippen molar-refractivity contribution in [2.24, 2.45) is 5.10 Å². The third-order valence-electron chi connectivity index (χ3n) is 4.58. The summed E-state index contributed by atoms with van der Waals surface area (Å²) in [5.74, 6) is -2.31. The van der Waals surface area contributed by atoms with Gasteiger partial charge >= 0.3 is 17.8 Å². The van der Waals surface area contributed by atoms with Crippen molar-refractivity contribution in [1.82, 2.24) is 5.43 Å². The van der Waals surface area contributed by atoms with Crippen LogP contribution in [0.3, 0.4) is 0 Å². The second-order valence-corrected chi connectivity index (χ2v) is 8.53. The van der Waals surface area contributed by atoms with Crippen LogP contribution in [0.15, 0.2) is 33.8 Å². The number of aryl methyl sites for hydroxylation is 1. The molecule has 2 N–H and O–H groups in total. The Morgan fingerprint density at radius 2 is 1.79 bits per heavy atom. The molecular weight excluding hydrogens is 458 g/mol. The van der Waals surface area contributed by atoms with Gasteiger partial charge in [-0.25, -0.2) is 10.2 Å². The first-order valence-electron chi connectivity index (χ1n) is 9.05. The van der Waals surface area contributed by atoms with Crippen LogP contribution in [0.4, 0.5) is 5.00 Å². The molecule has 1 aliphatic carbocycles. The third-order valence-corrected chi connectivity index (χ3v) is 6.32. The maximum atomic E-state index is 12.3. The van der Waals surface area contributed by atoms with E-state index in [1.54, 1.807) is 6.92 Å². The van der Waals surface area contributed by atoms with Gasteiger partial charge in [0, 0.05) is 9.35 Å². The predicted octanol–water partition coefficient (Wildman–Crippen LogP) is 3.65. The van der Waals surface area contributed by atoms with Crippen LogP contribution in [-0.2, 0) is 27.2 Å². The molecular formula is C20H20BrN3O4S. The van der Waals surface area contributed by atoms with E-state index in [9.17, 15) is 14.4 Å². The first-order valence-corrected chi connectivity index (χ1v) is 10.7. The fraction of sp³-hybridized carbons (Fsp3) is 0.300. The molecule has 9 heteroatoms. The maximum Gasteiger partial charge on any atom is 0.341 e. The van der Waals surface area contributed by atoms with Crippen LogP contribution in [0.1, 0.15) is 46.1 Å². The van der Waals surface area contributed by atoms with Gasteiger partial charge < -0.3 is 10.1 Å². The highest BCUT2D eigenvalue weighted by atomic mass is 79.9. The molecule has 0 radical (unpaired) electrons. The molecule has 1 aliphatic rings. The minimum Gasteiger partial charge on any atom is -0.465 e. The van der Waals surface area contributed by atoms with E-state index in [0.717, 1.165) is 46.2 Å². The van der Waals surface area contributed by atoms with Gasteiger partial charge in [-0.3, -0.25) is 9.59 Å². The number of rotatable bonds is 4. The largest absolute Gasteiger partial charge is 0.465 e. The van der Waals surface area contributed by atoms with Crippen LogP contribution in [0.2, 0.25) is 0 Å². The van der Waals surface area contributed by atoms with Crippen molar-refractivity contribution in [1.29, 1.82) is 0 Å². The van der Waals surface area contributed by atoms with Crippen molar-refractivity contribution in [3.63, 3.8) is 0 Å². The first-order chi connectivity index (χ1) is 13.9. The lowest BCUT2D eigenvalue weighted by molar-refractivity contribution is -0.136. The second-order valence-electron chi connectivity index (χ2n) is 6.51. The minimum atomic E-state index is -0.913. The Morgan fingerprint density at radius 1 is 1.10 bits per heavy atom. The molecule has 2 aromatic rings. The number of nitrogens with zero attached hydrogens (tertiary/aromatic N) is 1. The topological polar surface area (TPSA) is 96.9 Å². The molecule has 2 amide bonds. The van der Waals surface area contributed by atoms with Gasteiger partial charge in [0.1, 0.15) is 5.00 Å². The lowest BCUT2D eigenvalue weighted by Crippen LogP contribution is -2.33. The molecule has 0 atom stereocenters. The quantitative estimate of drug-likeness (QED) is 0.304. The van der Waals surface area contributed by atoms with Crippen LogP contribution in [0, 0.1) is 0 Å². The maximum absolute atomic E-state index is 12.3. The zero-order valence-corrected chi connectivity index (χ0v) is 18.4. The lowest BCUT2D eigenvalue weighted by atomic mass is 9.95. The Morgan fingerprint density at radius 3 is 2.48 bits per heavy atom. The van der Waals surface area contributed by atoms with Crippen LogP contribution in [0.25, 0.3) is 0 Å². The van der Waals surface area contributed by atoms with Gasteiger partial charge in [0.2, 0.25) is 0 Å². The van der Waals surface area contributed by atoms with E-state index in [-0.39, 0.29) is 0 Å². The summed E-state index contributed by atoms with van der Waals surface area (Å²) in [6.07, 6.45) is 3.62. The van der Waals surface area contributed by atoms with Gasteiger partial charge in [0.25, 0.3) is 0 Å². The molecule has 29 heavy (non-hydrogen) atoms. The molecule has 1 aromatic heterocycles. The number of thiophene rings is 1. The number of hydrogen-bond acceptors (Lipinski definition) is 6. The van der Waals surface area contributed by atoms with Gasteiger partial charge in [-0.15, -0.1) is 11.3 Å². The second kappa shape index (κ2) is 9.32. The van der Waals surface area contributed by atoms with Gasteiger partial charge in [-0.2, -0.15) is 5.10 Å². The molecule has 0 spiro atoms. The number of carbonyl (C=O) groups is 3. The van der Waals surface area contributed by atoms with Crippen molar-refractivity contribution in [2.75, 3.05) is 12.4 Å². The van der Waals surface area contributed by atoms with Crippen molar-refractivity contribution in [3.8, 4) is 0 Å². The number of hydrazone groups is 1. The molecule has 7 nitrogen and oxygen atoms in total. The minimum absolute atomic E-state index is 0.345. The Balaban J connectivity index is 1.72. The highest BCUT2D eigenvalue weighted by Gasteiger charge is 2.28. The number of anilines is 1. The van der Waals surface area contributed by atoms with Crippen LogP contribution in [-0.4, -0.2) is 30.6 Å². The Hall–Kier alpha value is -2.52. The number of nitrogens with one attached hydrogen (secondary N) is 2. The molecule has 1 aromatic carbocycles. The average molecular weight is 478 g/mol. The van der Waals surface area contributed by atoms with E-state index in [1.807, 2.05) is 24.3 Å². The molecule has 1 heterocycles. The lowest BCUT2D eigenvalue weighted by Gasteiger charge is -2.11. The molecule has 0 saturated carbocycles. The Labute approximate surface area is 180 Å². The predicted molar refractivity (Wildman–Crippen MR) is 115 cm³/mol. The molecule has 152 valence electrons. The molecule has 0 unspecified atom stereocenters. The Bertz CT molecular complexity index is 982. The van der Waals surface area contributed by atoms with E-state index in [1.165, 1.54) is 18.4 Å². The van der Waals surface area contributed by atoms with Crippen molar-refractivity contribution in [3.05, 3.63) is 50.3 Å². The summed E-state index contributed by atoms with van der Waals surface area (Å²) in [7, 11) is 1.30. The van der Waals surface area contributed by atoms with Crippen molar-refractivity contribution in [2.45, 2.75) is 32.6 Å². The third kappa shape index (κ3) is 4.91. The number of carbonyl (C=O) groups excluding carboxylic acids is 3. The van der Waals surface area contributed by atoms with Crippen LogP contribution >= 0.6 is 27.3 Å². The summed E-state index contributed by atoms with van der Waals surface area (Å²) < 4.78 is 5.80. The first kappa shape index (κ1) is 21.2. The Kier molecular flexibility index (Phi) is 6.81. The number of amides is 2. The summed E-state index contributed by atoms with van der Waals surface area (Å²) >= 11 is 4.68. The summed E-state index contributed by atoms with van der Waals surface area (Å²) in [6, 6.07) is 7.40. The highest BCUT2D eigenvalue weighted by molar-refractivity contribution is 9.10. The molecule has 3 rings (SSSR count). The highest BCUT2D eigenvalue weighted by Crippen LogP contribution is 2.38. The summed E-state index contributed by atoms with van der Waals surface area (Å²) in [5.41, 5.74) is 4.88. The normalized spacial score (nSPS) is 13.4. The van der Waals surface area contributed by atoms with E-state index in [2.05, 4.69) is 31.8 Å². The van der Waals surface area contributed by atoms with Gasteiger partial charge in [0.15, 0.2) is 0 Å². The monoisotopic (exact) mass is 477 g/mol. The van der Waals surface area contributed by atoms with Crippen LogP contribution in [0.5, 0.6) is 0 Å². The summed E-state index contributed by atoms with van der Waals surface area (Å²) in [6.45, 7) is 1.73. The molecule has 0 bridgehead atoms. The summed E-state index contributed by atoms with van der Waals surface area (Å²) in [4.78, 5) is 37.8. The molecule has 0 aliphatic heterocycles. The SMILES string of the molecule is COC(=O)c1c(NC(=O)C(=O)N/N=C(\C)c2ccc(Br)cc2)sc2c1CCCC2. The van der Waals surface area contributed by atoms with Crippen molar-refractivity contribution >= 4 is 55.8 Å². The van der Waals surface area contributed by atoms with E-state index < -0.39 is 17.8 Å². The zero-order chi connectivity index (χ0) is 21.0. The summed E-state index contributed by atoms with van der Waals surface area (Å²) in [5, 5.41) is 6.87. The number of benzene rings is 1. The van der Waals surface area contributed by atoms with Gasteiger partial charge in [-0.05, 0) is 55.9 Å². The van der Waals surface area contributed by atoms with E-state index >= 15 is 0 Å². The van der Waals surface area contributed by atoms with Gasteiger partial charge in [-0.1, -0.05) is 28.1 Å². The standard InChI is InChI=1S/C20H20BrN3O4S/c1-11(12-7-9-13(21)10-8-12)23-24-18(26)17(25)22-19-16(20(27)28-2)14-5-3-4-6-15(14)29-19/h7-10H,3-6H2,1-2H3,(H,22,25)(H,24,26)/b23-11+. The van der Waals surface area contributed by atoms with E-state index in [0.29, 0.717) is 16.3 Å². The van der Waals surface area contributed by atoms with E-state index in [4.69, 9.17) is 4.74 Å². The van der Waals surface area contributed by atoms with Gasteiger partial charge in [0.05, 0.1) is 18.4 Å². The number of esters is 1. The van der Waals surface area contributed by atoms with Crippen LogP contribution < -0.4 is 10.7 Å². The number of methoxy groups -OCH3 is 1.